The molecular weight excluding hydrogens is 308 g/mol. The van der Waals surface area contributed by atoms with E-state index in [4.69, 9.17) is 0 Å². The molecule has 4 rings (SSSR count). The first-order valence-electron chi connectivity index (χ1n) is 7.42. The smallest absolute Gasteiger partial charge is 0.252 e. The zero-order valence-corrected chi connectivity index (χ0v) is 13.3. The lowest BCUT2D eigenvalue weighted by Crippen LogP contribution is -2.40. The average Bonchev–Trinajstić information content (AvgIpc) is 2.88. The van der Waals surface area contributed by atoms with E-state index in [2.05, 4.69) is 0 Å². The minimum atomic E-state index is -3.44. The second kappa shape index (κ2) is 4.79. The summed E-state index contributed by atoms with van der Waals surface area (Å²) in [4.78, 5) is 14.2. The molecule has 0 spiro atoms. The Morgan fingerprint density at radius 2 is 2.05 bits per heavy atom. The van der Waals surface area contributed by atoms with Gasteiger partial charge in [-0.3, -0.25) is 4.79 Å². The van der Waals surface area contributed by atoms with Gasteiger partial charge in [0.05, 0.1) is 12.1 Å². The maximum Gasteiger partial charge on any atom is 0.252 e. The summed E-state index contributed by atoms with van der Waals surface area (Å²) in [6.07, 6.45) is 3.53. The van der Waals surface area contributed by atoms with Gasteiger partial charge in [0.1, 0.15) is 4.21 Å². The van der Waals surface area contributed by atoms with Gasteiger partial charge in [0.2, 0.25) is 5.91 Å². The van der Waals surface area contributed by atoms with Crippen molar-refractivity contribution < 1.29 is 13.2 Å². The maximum atomic E-state index is 12.7. The third-order valence-electron chi connectivity index (χ3n) is 4.77. The van der Waals surface area contributed by atoms with Crippen LogP contribution in [0.1, 0.15) is 25.7 Å². The highest BCUT2D eigenvalue weighted by Gasteiger charge is 2.51. The molecule has 0 aromatic carbocycles. The molecule has 3 aliphatic rings. The fraction of sp³-hybridized carbons (Fsp3) is 0.643. The topological polar surface area (TPSA) is 57.7 Å². The first-order valence-corrected chi connectivity index (χ1v) is 9.74. The van der Waals surface area contributed by atoms with Gasteiger partial charge in [-0.05, 0) is 36.6 Å². The van der Waals surface area contributed by atoms with Gasteiger partial charge in [0.15, 0.2) is 0 Å². The van der Waals surface area contributed by atoms with E-state index >= 15 is 0 Å². The highest BCUT2D eigenvalue weighted by molar-refractivity contribution is 7.91. The lowest BCUT2D eigenvalue weighted by Gasteiger charge is -2.24. The largest absolute Gasteiger partial charge is 0.338 e. The van der Waals surface area contributed by atoms with E-state index in [0.29, 0.717) is 23.1 Å². The number of hydrogen-bond acceptors (Lipinski definition) is 4. The van der Waals surface area contributed by atoms with Crippen molar-refractivity contribution in [3.8, 4) is 0 Å². The van der Waals surface area contributed by atoms with E-state index in [1.54, 1.807) is 21.8 Å². The van der Waals surface area contributed by atoms with Crippen LogP contribution in [0.5, 0.6) is 0 Å². The Balaban J connectivity index is 1.59. The Kier molecular flexibility index (Phi) is 3.13. The molecule has 2 saturated heterocycles. The van der Waals surface area contributed by atoms with Crippen LogP contribution in [-0.4, -0.2) is 48.7 Å². The number of hydrogen-bond donors (Lipinski definition) is 0. The Morgan fingerprint density at radius 1 is 1.24 bits per heavy atom. The van der Waals surface area contributed by atoms with Crippen LogP contribution >= 0.6 is 11.3 Å². The normalized spacial score (nSPS) is 30.1. The van der Waals surface area contributed by atoms with Crippen LogP contribution in [-0.2, 0) is 14.8 Å². The predicted octanol–water partition coefficient (Wildman–Crippen LogP) is 1.52. The third kappa shape index (κ3) is 2.22. The van der Waals surface area contributed by atoms with Crippen molar-refractivity contribution in [1.82, 2.24) is 9.21 Å². The summed E-state index contributed by atoms with van der Waals surface area (Å²) in [6.45, 7) is 1.36. The Labute approximate surface area is 128 Å². The van der Waals surface area contributed by atoms with Crippen molar-refractivity contribution in [3.05, 3.63) is 17.5 Å². The molecule has 5 nitrogen and oxygen atoms in total. The van der Waals surface area contributed by atoms with Crippen molar-refractivity contribution in [2.75, 3.05) is 13.1 Å². The molecule has 3 heterocycles. The number of carbonyl (C=O) groups is 1. The molecule has 21 heavy (non-hydrogen) atoms. The molecule has 0 N–H and O–H groups in total. The number of rotatable bonds is 4. The van der Waals surface area contributed by atoms with E-state index in [9.17, 15) is 13.2 Å². The lowest BCUT2D eigenvalue weighted by atomic mass is 10.1. The van der Waals surface area contributed by atoms with Gasteiger partial charge in [0, 0.05) is 19.5 Å². The average molecular weight is 326 g/mol. The lowest BCUT2D eigenvalue weighted by molar-refractivity contribution is -0.129. The molecule has 1 saturated carbocycles. The van der Waals surface area contributed by atoms with Crippen LogP contribution < -0.4 is 0 Å². The zero-order valence-electron chi connectivity index (χ0n) is 11.6. The molecule has 1 amide bonds. The van der Waals surface area contributed by atoms with Crippen molar-refractivity contribution in [2.24, 2.45) is 5.92 Å². The molecule has 0 unspecified atom stereocenters. The molecule has 1 aromatic heterocycles. The summed E-state index contributed by atoms with van der Waals surface area (Å²) in [7, 11) is -3.44. The molecular formula is C14H18N2O3S2. The summed E-state index contributed by atoms with van der Waals surface area (Å²) in [5.74, 6) is 0.777. The predicted molar refractivity (Wildman–Crippen MR) is 79.5 cm³/mol. The Hall–Kier alpha value is -0.920. The van der Waals surface area contributed by atoms with E-state index in [1.807, 2.05) is 4.90 Å². The van der Waals surface area contributed by atoms with Crippen LogP contribution in [0.4, 0.5) is 0 Å². The van der Waals surface area contributed by atoms with Crippen LogP contribution in [0.25, 0.3) is 0 Å². The van der Waals surface area contributed by atoms with Crippen molar-refractivity contribution in [3.63, 3.8) is 0 Å². The molecule has 0 radical (unpaired) electrons. The monoisotopic (exact) mass is 326 g/mol. The highest BCUT2D eigenvalue weighted by atomic mass is 32.2. The molecule has 2 atom stereocenters. The summed E-state index contributed by atoms with van der Waals surface area (Å²) in [6, 6.07) is 3.33. The number of amides is 1. The van der Waals surface area contributed by atoms with Crippen LogP contribution in [0.3, 0.4) is 0 Å². The summed E-state index contributed by atoms with van der Waals surface area (Å²) in [5, 5.41) is 1.78. The molecule has 3 fully saturated rings. The molecule has 114 valence electrons. The van der Waals surface area contributed by atoms with Crippen molar-refractivity contribution >= 4 is 27.3 Å². The van der Waals surface area contributed by atoms with E-state index in [-0.39, 0.29) is 18.0 Å². The molecule has 2 aliphatic heterocycles. The Bertz CT molecular complexity index is 652. The van der Waals surface area contributed by atoms with Gasteiger partial charge < -0.3 is 4.90 Å². The first-order chi connectivity index (χ1) is 10.1. The van der Waals surface area contributed by atoms with E-state index in [1.165, 1.54) is 24.2 Å². The number of sulfonamides is 1. The number of thiophene rings is 1. The maximum absolute atomic E-state index is 12.7. The number of fused-ring (bicyclic) bond motifs is 1. The number of likely N-dealkylation sites (tertiary alicyclic amines) is 1. The summed E-state index contributed by atoms with van der Waals surface area (Å²) < 4.78 is 27.3. The van der Waals surface area contributed by atoms with Gasteiger partial charge in [-0.25, -0.2) is 8.42 Å². The first kappa shape index (κ1) is 13.7. The Morgan fingerprint density at radius 3 is 2.71 bits per heavy atom. The second-order valence-electron chi connectivity index (χ2n) is 6.16. The van der Waals surface area contributed by atoms with Crippen molar-refractivity contribution in [2.45, 2.75) is 42.0 Å². The quantitative estimate of drug-likeness (QED) is 0.843. The zero-order chi connectivity index (χ0) is 14.6. The summed E-state index contributed by atoms with van der Waals surface area (Å²) >= 11 is 1.24. The number of nitrogens with zero attached hydrogens (tertiary/aromatic N) is 2. The van der Waals surface area contributed by atoms with Gasteiger partial charge in [-0.15, -0.1) is 11.3 Å². The second-order valence-corrected chi connectivity index (χ2v) is 9.23. The fourth-order valence-electron chi connectivity index (χ4n) is 3.53. The van der Waals surface area contributed by atoms with Gasteiger partial charge in [-0.2, -0.15) is 4.31 Å². The van der Waals surface area contributed by atoms with Gasteiger partial charge >= 0.3 is 0 Å². The van der Waals surface area contributed by atoms with Gasteiger partial charge in [-0.1, -0.05) is 6.07 Å². The molecule has 1 aliphatic carbocycles. The standard InChI is InChI=1S/C14H18N2O3S2/c17-13-8-12-11(15(13)9-10-3-4-10)5-6-16(12)21(18,19)14-2-1-7-20-14/h1-2,7,10-12H,3-6,8-9H2/t11-,12+/m0/s1. The molecule has 7 heteroatoms. The van der Waals surface area contributed by atoms with Crippen molar-refractivity contribution in [1.29, 1.82) is 0 Å². The van der Waals surface area contributed by atoms with Crippen LogP contribution in [0.2, 0.25) is 0 Å². The summed E-state index contributed by atoms with van der Waals surface area (Å²) in [5.41, 5.74) is 0. The molecule has 1 aromatic rings. The van der Waals surface area contributed by atoms with E-state index < -0.39 is 10.0 Å². The minimum absolute atomic E-state index is 0.0906. The SMILES string of the molecule is O=C1C[C@@H]2[C@H](CCN2S(=O)(=O)c2cccs2)N1CC1CC1. The molecule has 0 bridgehead atoms. The van der Waals surface area contributed by atoms with E-state index in [0.717, 1.165) is 13.0 Å². The number of carbonyl (C=O) groups excluding carboxylic acids is 1. The van der Waals surface area contributed by atoms with Crippen LogP contribution in [0.15, 0.2) is 21.7 Å². The van der Waals surface area contributed by atoms with Gasteiger partial charge in [0.25, 0.3) is 10.0 Å². The third-order valence-corrected chi connectivity index (χ3v) is 8.07. The highest BCUT2D eigenvalue weighted by Crippen LogP contribution is 2.39. The van der Waals surface area contributed by atoms with Crippen LogP contribution in [0, 0.1) is 5.92 Å². The minimum Gasteiger partial charge on any atom is -0.338 e. The fourth-order valence-corrected chi connectivity index (χ4v) is 6.32.